The molecule has 3 N–H and O–H groups in total. The van der Waals surface area contributed by atoms with Crippen molar-refractivity contribution in [3.05, 3.63) is 60.4 Å². The van der Waals surface area contributed by atoms with Gasteiger partial charge < -0.3 is 40.3 Å². The van der Waals surface area contributed by atoms with E-state index in [0.717, 1.165) is 52.9 Å². The number of nitrogens with one attached hydrogen (secondary N) is 3. The van der Waals surface area contributed by atoms with Gasteiger partial charge in [0.15, 0.2) is 0 Å². The third-order valence-electron chi connectivity index (χ3n) is 8.71. The number of hydrogen-bond acceptors (Lipinski definition) is 14. The molecule has 0 aromatic heterocycles. The van der Waals surface area contributed by atoms with Crippen LogP contribution in [0.25, 0.3) is 0 Å². The van der Waals surface area contributed by atoms with E-state index in [1.165, 1.54) is 28.2 Å². The fraction of sp³-hybridized carbons (Fsp3) is 0.457. The number of rotatable bonds is 3. The van der Waals surface area contributed by atoms with E-state index in [-0.39, 0.29) is 41.0 Å². The molecular formula is C35H45N7O10S4. The van der Waals surface area contributed by atoms with Crippen molar-refractivity contribution in [2.24, 2.45) is 5.92 Å². The first-order chi connectivity index (χ1) is 26.4. The van der Waals surface area contributed by atoms with Crippen LogP contribution in [0.1, 0.15) is 12.5 Å². The Morgan fingerprint density at radius 3 is 1.70 bits per heavy atom. The van der Waals surface area contributed by atoms with Crippen LogP contribution in [0.15, 0.2) is 54.9 Å². The van der Waals surface area contributed by atoms with Crippen LogP contribution >= 0.6 is 45.1 Å². The Morgan fingerprint density at radius 1 is 0.732 bits per heavy atom. The van der Waals surface area contributed by atoms with Crippen LogP contribution in [0.5, 0.6) is 0 Å². The van der Waals surface area contributed by atoms with E-state index >= 15 is 0 Å². The maximum Gasteiger partial charge on any atom is 0.408 e. The molecule has 0 spiro atoms. The molecule has 2 aliphatic heterocycles. The van der Waals surface area contributed by atoms with E-state index in [9.17, 15) is 43.2 Å². The Balaban J connectivity index is 2.00. The van der Waals surface area contributed by atoms with Crippen LogP contribution < -0.4 is 16.0 Å². The summed E-state index contributed by atoms with van der Waals surface area (Å²) in [6.45, 7) is 7.87. The standard InChI is InChI=1S/C35H45N7O10S4/c1-20-16-53-33(49)21(2)39(4)31(47)26-19-56-55-18-25(41(6)27(43)13-36-29(20)45)32(48)40(5)22(3)34(50)54-17-24(30(46)37-14-28(44)42(26)7)38-35(51)52-15-23-11-9-8-10-12-23/h8-12,20,24-26H,2-3,13-19H2,1,4-7H3,(H,36,45)(H,37,46)(H,38,51)/t20-,24-,25+,26+/m1/s1. The first-order valence-corrected chi connectivity index (χ1v) is 21.5. The molecule has 0 radical (unpaired) electrons. The van der Waals surface area contributed by atoms with Gasteiger partial charge in [-0.3, -0.25) is 38.4 Å². The summed E-state index contributed by atoms with van der Waals surface area (Å²) in [7, 11) is 7.52. The first kappa shape index (κ1) is 45.9. The summed E-state index contributed by atoms with van der Waals surface area (Å²) in [6.07, 6.45) is -0.990. The second-order valence-corrected chi connectivity index (χ2v) is 17.1. The fourth-order valence-electron chi connectivity index (χ4n) is 4.82. The molecule has 2 bridgehead atoms. The molecule has 56 heavy (non-hydrogen) atoms. The fourth-order valence-corrected chi connectivity index (χ4v) is 9.07. The first-order valence-electron chi connectivity index (χ1n) is 17.0. The smallest absolute Gasteiger partial charge is 0.408 e. The molecule has 1 aromatic rings. The highest BCUT2D eigenvalue weighted by Gasteiger charge is 2.36. The third-order valence-corrected chi connectivity index (χ3v) is 13.3. The van der Waals surface area contributed by atoms with Crippen LogP contribution in [0.4, 0.5) is 4.79 Å². The summed E-state index contributed by atoms with van der Waals surface area (Å²) >= 11 is 1.32. The molecule has 17 nitrogen and oxygen atoms in total. The molecule has 4 atom stereocenters. The summed E-state index contributed by atoms with van der Waals surface area (Å²) in [5, 5.41) is 6.06. The zero-order valence-electron chi connectivity index (χ0n) is 31.6. The van der Waals surface area contributed by atoms with Gasteiger partial charge in [-0.15, -0.1) is 0 Å². The monoisotopic (exact) mass is 851 g/mol. The number of amides is 7. The Morgan fingerprint density at radius 2 is 1.20 bits per heavy atom. The van der Waals surface area contributed by atoms with E-state index in [4.69, 9.17) is 4.74 Å². The molecule has 0 unspecified atom stereocenters. The highest BCUT2D eigenvalue weighted by molar-refractivity contribution is 8.76. The normalized spacial score (nSPS) is 24.1. The second kappa shape index (κ2) is 21.7. The van der Waals surface area contributed by atoms with Crippen LogP contribution in [-0.2, 0) is 49.7 Å². The minimum Gasteiger partial charge on any atom is -0.445 e. The van der Waals surface area contributed by atoms with Crippen LogP contribution in [0.3, 0.4) is 0 Å². The lowest BCUT2D eigenvalue weighted by Crippen LogP contribution is -2.54. The van der Waals surface area contributed by atoms with E-state index in [0.29, 0.717) is 17.3 Å². The predicted molar refractivity (Wildman–Crippen MR) is 216 cm³/mol. The quantitative estimate of drug-likeness (QED) is 0.282. The number of hydrogen-bond donors (Lipinski definition) is 3. The maximum atomic E-state index is 14.0. The number of benzene rings is 1. The molecule has 2 saturated heterocycles. The van der Waals surface area contributed by atoms with Gasteiger partial charge in [-0.05, 0) is 5.56 Å². The maximum absolute atomic E-state index is 14.0. The Hall–Kier alpha value is -4.47. The van der Waals surface area contributed by atoms with Crippen molar-refractivity contribution in [2.75, 3.05) is 64.3 Å². The molecule has 0 saturated carbocycles. The number of carbonyl (C=O) groups is 9. The molecular weight excluding hydrogens is 807 g/mol. The van der Waals surface area contributed by atoms with Gasteiger partial charge in [0.1, 0.15) is 24.7 Å². The van der Waals surface area contributed by atoms with Gasteiger partial charge in [-0.2, -0.15) is 0 Å². The summed E-state index contributed by atoms with van der Waals surface area (Å²) in [4.78, 5) is 124. The number of thioether (sulfide) groups is 2. The van der Waals surface area contributed by atoms with Gasteiger partial charge in [-0.1, -0.05) is 95.5 Å². The zero-order chi connectivity index (χ0) is 41.7. The molecule has 304 valence electrons. The number of nitrogens with zero attached hydrogens (tertiary/aromatic N) is 4. The summed E-state index contributed by atoms with van der Waals surface area (Å²) < 4.78 is 5.26. The van der Waals surface area contributed by atoms with Gasteiger partial charge in [0.05, 0.1) is 24.5 Å². The molecule has 7 amide bonds. The Bertz CT molecular complexity index is 1730. The lowest BCUT2D eigenvalue weighted by Gasteiger charge is -2.32. The second-order valence-electron chi connectivity index (χ2n) is 12.6. The Labute approximate surface area is 341 Å². The lowest BCUT2D eigenvalue weighted by atomic mass is 10.2. The lowest BCUT2D eigenvalue weighted by molar-refractivity contribution is -0.142. The average molecular weight is 852 g/mol. The van der Waals surface area contributed by atoms with E-state index in [1.54, 1.807) is 37.3 Å². The topological polar surface area (TPSA) is 212 Å². The van der Waals surface area contributed by atoms with Gasteiger partial charge >= 0.3 is 6.09 Å². The largest absolute Gasteiger partial charge is 0.445 e. The van der Waals surface area contributed by atoms with Gasteiger partial charge in [0, 0.05) is 57.1 Å². The molecule has 3 rings (SSSR count). The van der Waals surface area contributed by atoms with Crippen molar-refractivity contribution in [3.63, 3.8) is 0 Å². The zero-order valence-corrected chi connectivity index (χ0v) is 34.8. The van der Waals surface area contributed by atoms with Gasteiger partial charge in [-0.25, -0.2) is 4.79 Å². The van der Waals surface area contributed by atoms with Crippen LogP contribution in [0, 0.1) is 5.92 Å². The number of carbonyl (C=O) groups excluding carboxylic acids is 9. The molecule has 1 aromatic carbocycles. The molecule has 0 aliphatic carbocycles. The Kier molecular flexibility index (Phi) is 17.8. The molecule has 2 heterocycles. The molecule has 21 heteroatoms. The predicted octanol–water partition coefficient (Wildman–Crippen LogP) is 0.676. The number of likely N-dealkylation sites (N-methyl/N-ethyl adjacent to an activating group) is 4. The highest BCUT2D eigenvalue weighted by Crippen LogP contribution is 2.28. The van der Waals surface area contributed by atoms with Crippen molar-refractivity contribution < 1.29 is 47.9 Å². The van der Waals surface area contributed by atoms with E-state index in [1.807, 2.05) is 0 Å². The number of alkyl carbamates (subject to hydrolysis) is 1. The summed E-state index contributed by atoms with van der Waals surface area (Å²) in [5.74, 6) is -5.37. The number of fused-ring (bicyclic) bond motifs is 5. The third kappa shape index (κ3) is 12.8. The summed E-state index contributed by atoms with van der Waals surface area (Å²) in [6, 6.07) is 4.90. The van der Waals surface area contributed by atoms with Crippen molar-refractivity contribution in [2.45, 2.75) is 31.7 Å². The highest BCUT2D eigenvalue weighted by atomic mass is 33.1. The summed E-state index contributed by atoms with van der Waals surface area (Å²) in [5.41, 5.74) is 0.181. The minimum atomic E-state index is -1.42. The van der Waals surface area contributed by atoms with Crippen molar-refractivity contribution in [1.29, 1.82) is 0 Å². The van der Waals surface area contributed by atoms with E-state index in [2.05, 4.69) is 29.1 Å². The average Bonchev–Trinajstić information content (AvgIpc) is 3.19. The number of ether oxygens (including phenoxy) is 1. The van der Waals surface area contributed by atoms with Crippen molar-refractivity contribution >= 4 is 96.9 Å². The van der Waals surface area contributed by atoms with Gasteiger partial charge in [0.25, 0.3) is 11.8 Å². The van der Waals surface area contributed by atoms with Crippen molar-refractivity contribution in [1.82, 2.24) is 35.6 Å². The van der Waals surface area contributed by atoms with Gasteiger partial charge in [0.2, 0.25) is 33.9 Å². The molecule has 2 fully saturated rings. The SMILES string of the molecule is C=C1C(=O)SC[C@@H](NC(=O)OCc2ccccc2)C(=O)NCC(=O)N(C)[C@H]2CSSC[C@@H](C(=O)N1C)N(C)C(=O)CNC(=O)[C@H](C)CSC(=O)C(=C)N(C)C2=O. The molecule has 2 aliphatic rings. The van der Waals surface area contributed by atoms with E-state index < -0.39 is 88.9 Å². The van der Waals surface area contributed by atoms with Crippen molar-refractivity contribution in [3.8, 4) is 0 Å². The van der Waals surface area contributed by atoms with Crippen LogP contribution in [0.2, 0.25) is 0 Å². The minimum absolute atomic E-state index is 0.00951. The van der Waals surface area contributed by atoms with Crippen LogP contribution in [-0.4, -0.2) is 154 Å².